The van der Waals surface area contributed by atoms with E-state index in [0.29, 0.717) is 11.5 Å². The summed E-state index contributed by atoms with van der Waals surface area (Å²) in [5, 5.41) is 3.88. The second-order valence-electron chi connectivity index (χ2n) is 6.98. The lowest BCUT2D eigenvalue weighted by Crippen LogP contribution is -2.37. The number of hydrogen-bond acceptors (Lipinski definition) is 2. The highest BCUT2D eigenvalue weighted by molar-refractivity contribution is 5.29. The summed E-state index contributed by atoms with van der Waals surface area (Å²) in [4.78, 5) is 0. The van der Waals surface area contributed by atoms with Crippen LogP contribution in [0, 0.1) is 12.3 Å². The Bertz CT molecular complexity index is 426. The van der Waals surface area contributed by atoms with Gasteiger partial charge in [-0.15, -0.1) is 0 Å². The van der Waals surface area contributed by atoms with Crippen molar-refractivity contribution in [3.05, 3.63) is 23.2 Å². The van der Waals surface area contributed by atoms with Crippen LogP contribution < -0.4 is 5.32 Å². The lowest BCUT2D eigenvalue weighted by atomic mass is 9.74. The fraction of sp³-hybridized carbons (Fsp3) is 0.750. The zero-order chi connectivity index (χ0) is 12.8. The Morgan fingerprint density at radius 3 is 2.72 bits per heavy atom. The molecule has 0 saturated heterocycles. The standard InChI is InChI=1S/C16H25NO/c1-11-8-13-14(17-12-6-4-5-7-12)9-16(2,3)10-15(13)18-11/h8,12,14,17H,4-7,9-10H2,1-3H3. The first-order chi connectivity index (χ1) is 8.53. The van der Waals surface area contributed by atoms with E-state index in [1.165, 1.54) is 43.4 Å². The molecular weight excluding hydrogens is 222 g/mol. The third-order valence-corrected chi connectivity index (χ3v) is 4.53. The SMILES string of the molecule is Cc1cc2c(o1)CC(C)(C)CC2NC1CCCC1. The predicted octanol–water partition coefficient (Wildman–Crippen LogP) is 4.13. The lowest BCUT2D eigenvalue weighted by Gasteiger charge is -2.36. The number of rotatable bonds is 2. The molecule has 1 heterocycles. The van der Waals surface area contributed by atoms with Crippen LogP contribution in [0.25, 0.3) is 0 Å². The summed E-state index contributed by atoms with van der Waals surface area (Å²) in [7, 11) is 0. The molecule has 0 amide bonds. The Morgan fingerprint density at radius 1 is 1.28 bits per heavy atom. The molecule has 2 aliphatic carbocycles. The van der Waals surface area contributed by atoms with E-state index in [2.05, 4.69) is 32.2 Å². The number of aryl methyl sites for hydroxylation is 1. The smallest absolute Gasteiger partial charge is 0.109 e. The van der Waals surface area contributed by atoms with Gasteiger partial charge in [-0.25, -0.2) is 0 Å². The number of fused-ring (bicyclic) bond motifs is 1. The minimum absolute atomic E-state index is 0.355. The highest BCUT2D eigenvalue weighted by Gasteiger charge is 2.35. The molecule has 1 aromatic heterocycles. The van der Waals surface area contributed by atoms with Gasteiger partial charge in [-0.3, -0.25) is 0 Å². The predicted molar refractivity (Wildman–Crippen MR) is 73.7 cm³/mol. The molecule has 0 aliphatic heterocycles. The first-order valence-electron chi connectivity index (χ1n) is 7.39. The molecule has 0 aromatic carbocycles. The van der Waals surface area contributed by atoms with Crippen LogP contribution in [-0.4, -0.2) is 6.04 Å². The minimum atomic E-state index is 0.355. The van der Waals surface area contributed by atoms with Gasteiger partial charge >= 0.3 is 0 Å². The van der Waals surface area contributed by atoms with Crippen LogP contribution in [0.2, 0.25) is 0 Å². The van der Waals surface area contributed by atoms with Crippen LogP contribution in [0.15, 0.2) is 10.5 Å². The van der Waals surface area contributed by atoms with Crippen LogP contribution in [-0.2, 0) is 6.42 Å². The second-order valence-corrected chi connectivity index (χ2v) is 6.98. The summed E-state index contributed by atoms with van der Waals surface area (Å²) in [5.74, 6) is 2.29. The van der Waals surface area contributed by atoms with Gasteiger partial charge in [-0.1, -0.05) is 26.7 Å². The molecule has 1 aromatic rings. The van der Waals surface area contributed by atoms with E-state index in [-0.39, 0.29) is 0 Å². The Balaban J connectivity index is 1.83. The van der Waals surface area contributed by atoms with Crippen LogP contribution >= 0.6 is 0 Å². The van der Waals surface area contributed by atoms with Gasteiger partial charge in [0.2, 0.25) is 0 Å². The van der Waals surface area contributed by atoms with Crippen molar-refractivity contribution in [3.8, 4) is 0 Å². The fourth-order valence-electron chi connectivity index (χ4n) is 3.71. The summed E-state index contributed by atoms with van der Waals surface area (Å²) < 4.78 is 5.90. The van der Waals surface area contributed by atoms with Gasteiger partial charge in [-0.2, -0.15) is 0 Å². The van der Waals surface area contributed by atoms with Crippen LogP contribution in [0.1, 0.15) is 69.1 Å². The highest BCUT2D eigenvalue weighted by Crippen LogP contribution is 2.42. The molecule has 1 N–H and O–H groups in total. The third-order valence-electron chi connectivity index (χ3n) is 4.53. The third kappa shape index (κ3) is 2.35. The molecule has 18 heavy (non-hydrogen) atoms. The zero-order valence-corrected chi connectivity index (χ0v) is 11.9. The second kappa shape index (κ2) is 4.41. The van der Waals surface area contributed by atoms with E-state index in [1.807, 2.05) is 0 Å². The van der Waals surface area contributed by atoms with Gasteiger partial charge in [-0.05, 0) is 37.7 Å². The molecular formula is C16H25NO. The quantitative estimate of drug-likeness (QED) is 0.850. The van der Waals surface area contributed by atoms with E-state index < -0.39 is 0 Å². The van der Waals surface area contributed by atoms with E-state index in [1.54, 1.807) is 0 Å². The maximum atomic E-state index is 5.90. The maximum Gasteiger partial charge on any atom is 0.109 e. The summed E-state index contributed by atoms with van der Waals surface area (Å²) >= 11 is 0. The Labute approximate surface area is 110 Å². The summed E-state index contributed by atoms with van der Waals surface area (Å²) in [6.45, 7) is 6.78. The van der Waals surface area contributed by atoms with Crippen LogP contribution in [0.4, 0.5) is 0 Å². The fourth-order valence-corrected chi connectivity index (χ4v) is 3.71. The minimum Gasteiger partial charge on any atom is -0.466 e. The van der Waals surface area contributed by atoms with Gasteiger partial charge in [0.05, 0.1) is 0 Å². The van der Waals surface area contributed by atoms with Gasteiger partial charge in [0.25, 0.3) is 0 Å². The molecule has 1 fully saturated rings. The molecule has 2 aliphatic rings. The van der Waals surface area contributed by atoms with Gasteiger partial charge in [0.1, 0.15) is 11.5 Å². The maximum absolute atomic E-state index is 5.90. The highest BCUT2D eigenvalue weighted by atomic mass is 16.3. The molecule has 100 valence electrons. The van der Waals surface area contributed by atoms with Gasteiger partial charge < -0.3 is 9.73 Å². The molecule has 0 spiro atoms. The molecule has 2 heteroatoms. The van der Waals surface area contributed by atoms with Crippen molar-refractivity contribution >= 4 is 0 Å². The van der Waals surface area contributed by atoms with Crippen LogP contribution in [0.3, 0.4) is 0 Å². The van der Waals surface area contributed by atoms with Gasteiger partial charge in [0.15, 0.2) is 0 Å². The van der Waals surface area contributed by atoms with Crippen molar-refractivity contribution in [1.29, 1.82) is 0 Å². The topological polar surface area (TPSA) is 25.2 Å². The van der Waals surface area contributed by atoms with Crippen molar-refractivity contribution in [2.24, 2.45) is 5.41 Å². The molecule has 3 rings (SSSR count). The zero-order valence-electron chi connectivity index (χ0n) is 11.9. The molecule has 2 nitrogen and oxygen atoms in total. The largest absolute Gasteiger partial charge is 0.466 e. The average Bonchev–Trinajstić information content (AvgIpc) is 2.85. The molecule has 0 bridgehead atoms. The van der Waals surface area contributed by atoms with Crippen molar-refractivity contribution in [3.63, 3.8) is 0 Å². The number of hydrogen-bond donors (Lipinski definition) is 1. The Morgan fingerprint density at radius 2 is 2.00 bits per heavy atom. The van der Waals surface area contributed by atoms with E-state index in [0.717, 1.165) is 18.2 Å². The average molecular weight is 247 g/mol. The van der Waals surface area contributed by atoms with Crippen molar-refractivity contribution in [1.82, 2.24) is 5.32 Å². The normalized spacial score (nSPS) is 27.4. The van der Waals surface area contributed by atoms with Crippen molar-refractivity contribution in [2.75, 3.05) is 0 Å². The van der Waals surface area contributed by atoms with E-state index >= 15 is 0 Å². The summed E-state index contributed by atoms with van der Waals surface area (Å²) in [6, 6.07) is 3.48. The van der Waals surface area contributed by atoms with E-state index in [4.69, 9.17) is 4.42 Å². The summed E-state index contributed by atoms with van der Waals surface area (Å²) in [5.41, 5.74) is 1.78. The first kappa shape index (κ1) is 12.3. The van der Waals surface area contributed by atoms with Crippen molar-refractivity contribution < 1.29 is 4.42 Å². The van der Waals surface area contributed by atoms with Crippen molar-refractivity contribution in [2.45, 2.75) is 71.4 Å². The van der Waals surface area contributed by atoms with Crippen LogP contribution in [0.5, 0.6) is 0 Å². The molecule has 1 saturated carbocycles. The van der Waals surface area contributed by atoms with Gasteiger partial charge in [0, 0.05) is 24.1 Å². The lowest BCUT2D eigenvalue weighted by molar-refractivity contribution is 0.224. The monoisotopic (exact) mass is 247 g/mol. The summed E-state index contributed by atoms with van der Waals surface area (Å²) in [6.07, 6.45) is 7.80. The molecule has 1 atom stereocenters. The Kier molecular flexibility index (Phi) is 3.01. The first-order valence-corrected chi connectivity index (χ1v) is 7.39. The Hall–Kier alpha value is -0.760. The molecule has 0 radical (unpaired) electrons. The van der Waals surface area contributed by atoms with E-state index in [9.17, 15) is 0 Å². The number of furan rings is 1. The molecule has 1 unspecified atom stereocenters. The number of nitrogens with one attached hydrogen (secondary N) is 1.